The molecule has 5 aromatic rings. The Kier molecular flexibility index (Phi) is 6.35. The van der Waals surface area contributed by atoms with Gasteiger partial charge in [0.2, 0.25) is 5.82 Å². The largest absolute Gasteiger partial charge is 0.490 e. The highest BCUT2D eigenvalue weighted by Gasteiger charge is 2.26. The van der Waals surface area contributed by atoms with Gasteiger partial charge < -0.3 is 18.3 Å². The second-order valence-corrected chi connectivity index (χ2v) is 8.03. The summed E-state index contributed by atoms with van der Waals surface area (Å²) in [5, 5.41) is 0.829. The molecule has 0 amide bonds. The van der Waals surface area contributed by atoms with Gasteiger partial charge in [0.15, 0.2) is 34.6 Å². The molecule has 38 heavy (non-hydrogen) atoms. The number of halogens is 5. The second-order valence-electron chi connectivity index (χ2n) is 8.03. The fourth-order valence-electron chi connectivity index (χ4n) is 3.96. The number of rotatable bonds is 6. The van der Waals surface area contributed by atoms with Crippen molar-refractivity contribution in [1.82, 2.24) is 0 Å². The van der Waals surface area contributed by atoms with Crippen molar-refractivity contribution in [2.24, 2.45) is 0 Å². The van der Waals surface area contributed by atoms with Crippen molar-refractivity contribution >= 4 is 21.9 Å². The van der Waals surface area contributed by atoms with E-state index in [-0.39, 0.29) is 28.0 Å². The summed E-state index contributed by atoms with van der Waals surface area (Å²) in [7, 11) is 0. The van der Waals surface area contributed by atoms with Gasteiger partial charge in [0.1, 0.15) is 17.9 Å². The zero-order valence-electron chi connectivity index (χ0n) is 19.4. The molecule has 11 heteroatoms. The first-order chi connectivity index (χ1) is 18.2. The minimum atomic E-state index is -2.28. The van der Waals surface area contributed by atoms with E-state index >= 15 is 0 Å². The van der Waals surface area contributed by atoms with Crippen LogP contribution in [0.1, 0.15) is 12.5 Å². The summed E-state index contributed by atoms with van der Waals surface area (Å²) in [6, 6.07) is 11.6. The Morgan fingerprint density at radius 3 is 2.18 bits per heavy atom. The van der Waals surface area contributed by atoms with Crippen LogP contribution in [-0.4, -0.2) is 6.61 Å². The van der Waals surface area contributed by atoms with Crippen molar-refractivity contribution in [1.29, 1.82) is 0 Å². The predicted molar refractivity (Wildman–Crippen MR) is 126 cm³/mol. The van der Waals surface area contributed by atoms with Gasteiger partial charge >= 0.3 is 11.3 Å². The fourth-order valence-corrected chi connectivity index (χ4v) is 3.96. The van der Waals surface area contributed by atoms with Crippen molar-refractivity contribution in [3.63, 3.8) is 0 Å². The molecular formula is C27H15F5O6. The molecule has 0 spiro atoms. The Bertz CT molecular complexity index is 1810. The van der Waals surface area contributed by atoms with E-state index in [9.17, 15) is 31.5 Å². The van der Waals surface area contributed by atoms with Gasteiger partial charge in [-0.05, 0) is 31.2 Å². The Morgan fingerprint density at radius 2 is 1.47 bits per heavy atom. The normalized spacial score (nSPS) is 11.3. The average molecular weight is 530 g/mol. The van der Waals surface area contributed by atoms with Crippen LogP contribution >= 0.6 is 0 Å². The molecular weight excluding hydrogens is 515 g/mol. The van der Waals surface area contributed by atoms with Gasteiger partial charge in [-0.3, -0.25) is 0 Å². The molecule has 0 N–H and O–H groups in total. The minimum absolute atomic E-state index is 0.0547. The lowest BCUT2D eigenvalue weighted by Gasteiger charge is -2.11. The van der Waals surface area contributed by atoms with Crippen LogP contribution in [0.3, 0.4) is 0 Å². The van der Waals surface area contributed by atoms with Crippen LogP contribution in [0.15, 0.2) is 67.0 Å². The summed E-state index contributed by atoms with van der Waals surface area (Å²) in [6.45, 7) is 1.13. The first-order valence-electron chi connectivity index (χ1n) is 11.1. The van der Waals surface area contributed by atoms with Gasteiger partial charge in [0.25, 0.3) is 0 Å². The molecule has 0 unspecified atom stereocenters. The van der Waals surface area contributed by atoms with Crippen LogP contribution in [-0.2, 0) is 6.61 Å². The lowest BCUT2D eigenvalue weighted by atomic mass is 10.0. The first kappa shape index (κ1) is 25.0. The molecule has 3 aromatic carbocycles. The van der Waals surface area contributed by atoms with Crippen molar-refractivity contribution in [3.8, 4) is 22.6 Å². The molecule has 0 atom stereocenters. The highest BCUT2D eigenvalue weighted by atomic mass is 19.2. The van der Waals surface area contributed by atoms with Crippen molar-refractivity contribution in [2.75, 3.05) is 6.61 Å². The van der Waals surface area contributed by atoms with Gasteiger partial charge in [0.05, 0.1) is 17.7 Å². The summed E-state index contributed by atoms with van der Waals surface area (Å²) in [5.74, 6) is -10.2. The predicted octanol–water partition coefficient (Wildman–Crippen LogP) is 6.24. The topological polar surface area (TPSA) is 78.9 Å². The Labute approximate surface area is 209 Å². The van der Waals surface area contributed by atoms with Gasteiger partial charge in [-0.2, -0.15) is 0 Å². The van der Waals surface area contributed by atoms with Crippen molar-refractivity contribution in [3.05, 3.63) is 104 Å². The van der Waals surface area contributed by atoms with Crippen LogP contribution in [0, 0.1) is 29.1 Å². The Hall–Kier alpha value is -4.67. The number of ether oxygens (including phenoxy) is 2. The third kappa shape index (κ3) is 4.25. The maximum Gasteiger partial charge on any atom is 0.344 e. The van der Waals surface area contributed by atoms with Gasteiger partial charge in [-0.15, -0.1) is 0 Å². The van der Waals surface area contributed by atoms with Crippen LogP contribution in [0.4, 0.5) is 22.0 Å². The summed E-state index contributed by atoms with van der Waals surface area (Å²) in [4.78, 5) is 25.2. The quantitative estimate of drug-likeness (QED) is 0.112. The molecule has 0 bridgehead atoms. The first-order valence-corrected chi connectivity index (χ1v) is 11.1. The second kappa shape index (κ2) is 9.66. The van der Waals surface area contributed by atoms with Crippen LogP contribution < -0.4 is 20.7 Å². The van der Waals surface area contributed by atoms with Crippen LogP contribution in [0.2, 0.25) is 0 Å². The van der Waals surface area contributed by atoms with Gasteiger partial charge in [-0.1, -0.05) is 12.1 Å². The van der Waals surface area contributed by atoms with E-state index < -0.39 is 52.5 Å². The van der Waals surface area contributed by atoms with E-state index in [0.29, 0.717) is 23.1 Å². The van der Waals surface area contributed by atoms with Crippen LogP contribution in [0.5, 0.6) is 11.5 Å². The molecule has 0 fully saturated rings. The Morgan fingerprint density at radius 1 is 0.763 bits per heavy atom. The molecule has 0 aliphatic rings. The fraction of sp³-hybridized carbons (Fsp3) is 0.111. The molecule has 194 valence electrons. The number of hydrogen-bond acceptors (Lipinski definition) is 6. The summed E-state index contributed by atoms with van der Waals surface area (Å²) in [5.41, 5.74) is -2.34. The molecule has 0 aliphatic carbocycles. The summed E-state index contributed by atoms with van der Waals surface area (Å²) < 4.78 is 89.5. The standard InChI is InChI=1S/C27H15F5O6/c1-2-35-18-5-3-4-12-8-16(27(34)38-26(12)18)15-10-20(33)37-19-9-13(6-7-14(15)19)36-11-17-21(28)23(30)25(32)24(31)22(17)29/h3-10H,2,11H2,1H3. The van der Waals surface area contributed by atoms with Gasteiger partial charge in [0, 0.05) is 28.5 Å². The number of benzene rings is 3. The number of hydrogen-bond donors (Lipinski definition) is 0. The third-order valence-corrected chi connectivity index (χ3v) is 5.71. The maximum absolute atomic E-state index is 14.0. The highest BCUT2D eigenvalue weighted by Crippen LogP contribution is 2.32. The van der Waals surface area contributed by atoms with E-state index in [1.54, 1.807) is 25.1 Å². The summed E-state index contributed by atoms with van der Waals surface area (Å²) in [6.07, 6.45) is 0. The Balaban J connectivity index is 1.55. The molecule has 2 heterocycles. The van der Waals surface area contributed by atoms with Crippen LogP contribution in [0.25, 0.3) is 33.1 Å². The molecule has 2 aromatic heterocycles. The third-order valence-electron chi connectivity index (χ3n) is 5.71. The van der Waals surface area contributed by atoms with Gasteiger partial charge in [-0.25, -0.2) is 31.5 Å². The molecule has 0 aliphatic heterocycles. The van der Waals surface area contributed by atoms with E-state index in [1.165, 1.54) is 24.3 Å². The van der Waals surface area contributed by atoms with Crippen molar-refractivity contribution in [2.45, 2.75) is 13.5 Å². The smallest absolute Gasteiger partial charge is 0.344 e. The zero-order chi connectivity index (χ0) is 27.1. The average Bonchev–Trinajstić information content (AvgIpc) is 2.90. The number of para-hydroxylation sites is 1. The zero-order valence-corrected chi connectivity index (χ0v) is 19.4. The lowest BCUT2D eigenvalue weighted by molar-refractivity contribution is 0.279. The summed E-state index contributed by atoms with van der Waals surface area (Å²) >= 11 is 0. The molecule has 0 saturated heterocycles. The van der Waals surface area contributed by atoms with E-state index in [2.05, 4.69) is 0 Å². The molecule has 0 saturated carbocycles. The SMILES string of the molecule is CCOc1cccc2cc(-c3cc(=O)oc4cc(OCc5c(F)c(F)c(F)c(F)c5F)ccc34)c(=O)oc12. The maximum atomic E-state index is 14.0. The monoisotopic (exact) mass is 530 g/mol. The van der Waals surface area contributed by atoms with E-state index in [1.807, 2.05) is 0 Å². The van der Waals surface area contributed by atoms with E-state index in [0.717, 1.165) is 6.07 Å². The van der Waals surface area contributed by atoms with E-state index in [4.69, 9.17) is 18.3 Å². The molecule has 6 nitrogen and oxygen atoms in total. The molecule has 5 rings (SSSR count). The minimum Gasteiger partial charge on any atom is -0.490 e. The van der Waals surface area contributed by atoms with Crippen molar-refractivity contribution < 1.29 is 40.3 Å². The highest BCUT2D eigenvalue weighted by molar-refractivity contribution is 5.96. The number of fused-ring (bicyclic) bond motifs is 2. The molecule has 0 radical (unpaired) electrons. The lowest BCUT2D eigenvalue weighted by Crippen LogP contribution is -2.10.